The second-order valence-corrected chi connectivity index (χ2v) is 1.98. The summed E-state index contributed by atoms with van der Waals surface area (Å²) in [6, 6.07) is 8.74. The van der Waals surface area contributed by atoms with Crippen molar-refractivity contribution in [3.8, 4) is 0 Å². The zero-order chi connectivity index (χ0) is 6.69. The molecular formula is C7H5Cl6OSb. The molecule has 8 heteroatoms. The van der Waals surface area contributed by atoms with Crippen molar-refractivity contribution in [2.75, 3.05) is 0 Å². The van der Waals surface area contributed by atoms with E-state index in [9.17, 15) is 4.79 Å². The fourth-order valence-electron chi connectivity index (χ4n) is 0.569. The van der Waals surface area contributed by atoms with E-state index in [1.54, 1.807) is 24.3 Å². The van der Waals surface area contributed by atoms with Crippen molar-refractivity contribution in [1.29, 1.82) is 0 Å². The Kier molecular flexibility index (Phi) is 49.9. The van der Waals surface area contributed by atoms with Crippen LogP contribution in [0.3, 0.4) is 0 Å². The van der Waals surface area contributed by atoms with Gasteiger partial charge in [0, 0.05) is 5.56 Å². The molecule has 1 rings (SSSR count). The minimum absolute atomic E-state index is 0. The minimum Gasteiger partial charge on any atom is -1.00 e. The predicted octanol–water partition coefficient (Wildman–Crippen LogP) is -13.3. The van der Waals surface area contributed by atoms with Gasteiger partial charge in [0.05, 0.1) is 0 Å². The van der Waals surface area contributed by atoms with Crippen LogP contribution in [-0.4, -0.2) is 29.7 Å². The normalized spacial score (nSPS) is 5.40. The third-order valence-corrected chi connectivity index (χ3v) is 1.22. The van der Waals surface area contributed by atoms with Gasteiger partial charge in [-0.1, -0.05) is 30.3 Å². The van der Waals surface area contributed by atoms with Crippen LogP contribution < -0.4 is 62.0 Å². The molecule has 0 unspecified atom stereocenters. The third-order valence-electron chi connectivity index (χ3n) is 1.00. The summed E-state index contributed by atoms with van der Waals surface area (Å²) in [7, 11) is 0. The van der Waals surface area contributed by atoms with Crippen LogP contribution in [0, 0.1) is 0 Å². The maximum absolute atomic E-state index is 10.4. The van der Waals surface area contributed by atoms with Crippen LogP contribution in [0.15, 0.2) is 30.3 Å². The van der Waals surface area contributed by atoms with Crippen LogP contribution >= 0.6 is 11.6 Å². The van der Waals surface area contributed by atoms with Gasteiger partial charge in [-0.05, 0) is 11.6 Å². The van der Waals surface area contributed by atoms with E-state index >= 15 is 0 Å². The molecular weight excluding hydrogens is 435 g/mol. The summed E-state index contributed by atoms with van der Waals surface area (Å²) in [5.41, 5.74) is 0.541. The van der Waals surface area contributed by atoms with Gasteiger partial charge in [-0.2, -0.15) is 0 Å². The number of carbonyl (C=O) groups is 1. The molecule has 0 saturated heterocycles. The first-order valence-corrected chi connectivity index (χ1v) is 2.93. The summed E-state index contributed by atoms with van der Waals surface area (Å²) < 4.78 is 0. The van der Waals surface area contributed by atoms with E-state index in [1.165, 1.54) is 0 Å². The monoisotopic (exact) mass is 436 g/mol. The second kappa shape index (κ2) is 20.8. The Bertz CT molecular complexity index is 220. The van der Waals surface area contributed by atoms with Crippen molar-refractivity contribution in [1.82, 2.24) is 0 Å². The fourth-order valence-corrected chi connectivity index (χ4v) is 0.695. The maximum atomic E-state index is 10.4. The molecule has 0 amide bonds. The molecule has 0 aliphatic rings. The Morgan fingerprint density at radius 2 is 1.20 bits per heavy atom. The van der Waals surface area contributed by atoms with Gasteiger partial charge in [0.2, 0.25) is 0 Å². The number of benzene rings is 1. The van der Waals surface area contributed by atoms with Crippen molar-refractivity contribution >= 4 is 41.3 Å². The number of halogens is 6. The van der Waals surface area contributed by atoms with Gasteiger partial charge >= 0.3 is 24.4 Å². The molecule has 0 fully saturated rings. The summed E-state index contributed by atoms with van der Waals surface area (Å²) >= 11 is 5.16. The molecule has 0 saturated carbocycles. The van der Waals surface area contributed by atoms with Crippen molar-refractivity contribution < 1.29 is 66.8 Å². The molecule has 15 heavy (non-hydrogen) atoms. The third kappa shape index (κ3) is 15.4. The SMILES string of the molecule is O=C(Cl)c1ccccc1.[Cl-].[Cl-].[Cl-].[Cl-].[Cl-].[Sb+5]. The minimum atomic E-state index is -0.407. The van der Waals surface area contributed by atoms with E-state index in [4.69, 9.17) is 11.6 Å². The average molecular weight is 440 g/mol. The molecule has 0 aromatic heterocycles. The van der Waals surface area contributed by atoms with Crippen molar-refractivity contribution in [3.63, 3.8) is 0 Å². The van der Waals surface area contributed by atoms with E-state index in [0.717, 1.165) is 0 Å². The number of hydrogen-bond donors (Lipinski definition) is 0. The summed E-state index contributed by atoms with van der Waals surface area (Å²) in [4.78, 5) is 10.4. The molecule has 0 N–H and O–H groups in total. The Morgan fingerprint density at radius 1 is 0.867 bits per heavy atom. The average Bonchev–Trinajstić information content (AvgIpc) is 1.90. The van der Waals surface area contributed by atoms with Gasteiger partial charge in [0.1, 0.15) is 0 Å². The quantitative estimate of drug-likeness (QED) is 0.314. The van der Waals surface area contributed by atoms with E-state index in [1.807, 2.05) is 6.07 Å². The second-order valence-electron chi connectivity index (χ2n) is 1.64. The molecule has 86 valence electrons. The summed E-state index contributed by atoms with van der Waals surface area (Å²) in [5.74, 6) is 0. The van der Waals surface area contributed by atoms with Crippen LogP contribution in [-0.2, 0) is 0 Å². The number of rotatable bonds is 1. The molecule has 0 spiro atoms. The van der Waals surface area contributed by atoms with Gasteiger partial charge < -0.3 is 62.0 Å². The molecule has 1 nitrogen and oxygen atoms in total. The van der Waals surface area contributed by atoms with E-state index in [0.29, 0.717) is 5.56 Å². The Hall–Kier alpha value is 1.45. The van der Waals surface area contributed by atoms with Crippen LogP contribution in [0.1, 0.15) is 10.4 Å². The first-order valence-electron chi connectivity index (χ1n) is 2.55. The standard InChI is InChI=1S/C7H5ClO.5ClH.Sb/c8-7(9)6-4-2-1-3-5-6;;;;;;/h1-5H;5*1H;/q;;;;;;+5/p-5. The van der Waals surface area contributed by atoms with Crippen LogP contribution in [0.25, 0.3) is 0 Å². The fraction of sp³-hybridized carbons (Fsp3) is 0. The maximum Gasteiger partial charge on any atom is 5.00 e. The zero-order valence-electron chi connectivity index (χ0n) is 7.01. The molecule has 1 aromatic rings. The first-order chi connectivity index (χ1) is 4.30. The molecule has 0 aliphatic carbocycles. The van der Waals surface area contributed by atoms with Gasteiger partial charge in [0.15, 0.2) is 0 Å². The Balaban J connectivity index is -0.0000000337. The summed E-state index contributed by atoms with van der Waals surface area (Å²) in [6.07, 6.45) is 0. The molecule has 0 aliphatic heterocycles. The smallest absolute Gasteiger partial charge is 1.00 e. The van der Waals surface area contributed by atoms with E-state index < -0.39 is 5.24 Å². The van der Waals surface area contributed by atoms with Crippen LogP contribution in [0.5, 0.6) is 0 Å². The summed E-state index contributed by atoms with van der Waals surface area (Å²) in [6.45, 7) is 0. The first kappa shape index (κ1) is 36.0. The van der Waals surface area contributed by atoms with Crippen LogP contribution in [0.2, 0.25) is 0 Å². The van der Waals surface area contributed by atoms with Crippen molar-refractivity contribution in [3.05, 3.63) is 35.9 Å². The zero-order valence-corrected chi connectivity index (χ0v) is 14.1. The molecule has 0 atom stereocenters. The topological polar surface area (TPSA) is 17.1 Å². The predicted molar refractivity (Wildman–Crippen MR) is 42.4 cm³/mol. The van der Waals surface area contributed by atoms with Crippen molar-refractivity contribution in [2.24, 2.45) is 0 Å². The van der Waals surface area contributed by atoms with Gasteiger partial charge in [-0.3, -0.25) is 4.79 Å². The molecule has 0 bridgehead atoms. The molecule has 0 radical (unpaired) electrons. The molecule has 1 aromatic carbocycles. The largest absolute Gasteiger partial charge is 5.00 e. The Morgan fingerprint density at radius 3 is 1.40 bits per heavy atom. The van der Waals surface area contributed by atoms with Crippen LogP contribution in [0.4, 0.5) is 0 Å². The van der Waals surface area contributed by atoms with Gasteiger partial charge in [0.25, 0.3) is 5.24 Å². The van der Waals surface area contributed by atoms with E-state index in [-0.39, 0.29) is 86.5 Å². The van der Waals surface area contributed by atoms with Gasteiger partial charge in [-0.25, -0.2) is 0 Å². The van der Waals surface area contributed by atoms with Crippen molar-refractivity contribution in [2.45, 2.75) is 0 Å². The molecule has 0 heterocycles. The van der Waals surface area contributed by atoms with Gasteiger partial charge in [-0.15, -0.1) is 0 Å². The van der Waals surface area contributed by atoms with E-state index in [2.05, 4.69) is 0 Å². The number of hydrogen-bond acceptors (Lipinski definition) is 1. The number of carbonyl (C=O) groups excluding carboxylic acids is 1. The summed E-state index contributed by atoms with van der Waals surface area (Å²) in [5, 5.41) is -0.407. The Labute approximate surface area is 143 Å².